The van der Waals surface area contributed by atoms with Gasteiger partial charge in [-0.1, -0.05) is 0 Å². The molecule has 0 amide bonds. The summed E-state index contributed by atoms with van der Waals surface area (Å²) in [7, 11) is 0. The number of hydrogen-bond acceptors (Lipinski definition) is 2. The molecule has 2 aromatic rings. The second-order valence-corrected chi connectivity index (χ2v) is 2.98. The predicted octanol–water partition coefficient (Wildman–Crippen LogP) is 1.82. The molecule has 0 fully saturated rings. The second kappa shape index (κ2) is 2.83. The summed E-state index contributed by atoms with van der Waals surface area (Å²) in [5.41, 5.74) is 8.33. The Kier molecular flexibility index (Phi) is 1.67. The van der Waals surface area contributed by atoms with Crippen molar-refractivity contribution in [3.8, 4) is 6.07 Å². The van der Waals surface area contributed by atoms with E-state index < -0.39 is 0 Å². The number of anilines is 1. The van der Waals surface area contributed by atoms with Crippen molar-refractivity contribution in [1.29, 1.82) is 5.26 Å². The zero-order valence-corrected chi connectivity index (χ0v) is 7.04. The first-order chi connectivity index (χ1) is 6.29. The molecule has 0 radical (unpaired) electrons. The van der Waals surface area contributed by atoms with Crippen LogP contribution in [0.15, 0.2) is 24.3 Å². The van der Waals surface area contributed by atoms with Crippen LogP contribution in [-0.4, -0.2) is 4.98 Å². The van der Waals surface area contributed by atoms with E-state index in [1.807, 2.05) is 24.3 Å². The van der Waals surface area contributed by atoms with Gasteiger partial charge in [0.2, 0.25) is 0 Å². The molecule has 0 aliphatic carbocycles. The molecule has 1 heterocycles. The van der Waals surface area contributed by atoms with Crippen molar-refractivity contribution in [1.82, 2.24) is 4.98 Å². The zero-order valence-electron chi connectivity index (χ0n) is 7.04. The maximum Gasteiger partial charge on any atom is 0.0752 e. The molecule has 64 valence electrons. The first-order valence-corrected chi connectivity index (χ1v) is 4.03. The molecule has 0 saturated heterocycles. The summed E-state index contributed by atoms with van der Waals surface area (Å²) in [6, 6.07) is 9.71. The summed E-state index contributed by atoms with van der Waals surface area (Å²) in [5.74, 6) is 0. The first kappa shape index (κ1) is 7.69. The van der Waals surface area contributed by atoms with E-state index in [4.69, 9.17) is 11.0 Å². The van der Waals surface area contributed by atoms with Gasteiger partial charge in [-0.05, 0) is 24.3 Å². The maximum absolute atomic E-state index is 8.50. The van der Waals surface area contributed by atoms with Gasteiger partial charge in [0, 0.05) is 22.3 Å². The molecule has 1 aromatic carbocycles. The van der Waals surface area contributed by atoms with Crippen LogP contribution in [0.1, 0.15) is 5.69 Å². The molecule has 0 spiro atoms. The summed E-state index contributed by atoms with van der Waals surface area (Å²) in [5, 5.41) is 9.57. The number of aromatic amines is 1. The van der Waals surface area contributed by atoms with E-state index in [9.17, 15) is 0 Å². The van der Waals surface area contributed by atoms with Gasteiger partial charge in [0.25, 0.3) is 0 Å². The molecule has 0 aliphatic rings. The highest BCUT2D eigenvalue weighted by molar-refractivity contribution is 5.83. The fourth-order valence-corrected chi connectivity index (χ4v) is 1.39. The van der Waals surface area contributed by atoms with E-state index >= 15 is 0 Å². The van der Waals surface area contributed by atoms with Crippen LogP contribution in [-0.2, 0) is 6.42 Å². The van der Waals surface area contributed by atoms with E-state index in [1.54, 1.807) is 0 Å². The standard InChI is InChI=1S/C10H9N3/c11-4-3-9-6-7-5-8(12)1-2-10(7)13-9/h1-2,5-6,13H,3,12H2. The quantitative estimate of drug-likeness (QED) is 0.642. The molecule has 3 N–H and O–H groups in total. The number of nitrogen functional groups attached to an aromatic ring is 1. The summed E-state index contributed by atoms with van der Waals surface area (Å²) in [6.45, 7) is 0. The van der Waals surface area contributed by atoms with Crippen molar-refractivity contribution in [3.05, 3.63) is 30.0 Å². The Morgan fingerprint density at radius 2 is 2.23 bits per heavy atom. The minimum atomic E-state index is 0.411. The fourth-order valence-electron chi connectivity index (χ4n) is 1.39. The number of hydrogen-bond donors (Lipinski definition) is 2. The van der Waals surface area contributed by atoms with Crippen LogP contribution in [0.5, 0.6) is 0 Å². The Bertz CT molecular complexity index is 476. The summed E-state index contributed by atoms with van der Waals surface area (Å²) >= 11 is 0. The highest BCUT2D eigenvalue weighted by Gasteiger charge is 1.99. The van der Waals surface area contributed by atoms with Crippen LogP contribution in [0.3, 0.4) is 0 Å². The van der Waals surface area contributed by atoms with Crippen LogP contribution in [0, 0.1) is 11.3 Å². The third kappa shape index (κ3) is 1.34. The molecular weight excluding hydrogens is 162 g/mol. The Labute approximate surface area is 75.8 Å². The molecule has 1 aromatic heterocycles. The number of nitriles is 1. The topological polar surface area (TPSA) is 65.6 Å². The van der Waals surface area contributed by atoms with Crippen molar-refractivity contribution in [3.63, 3.8) is 0 Å². The largest absolute Gasteiger partial charge is 0.399 e. The average Bonchev–Trinajstić information content (AvgIpc) is 2.46. The van der Waals surface area contributed by atoms with E-state index in [-0.39, 0.29) is 0 Å². The molecule has 3 nitrogen and oxygen atoms in total. The van der Waals surface area contributed by atoms with Crippen molar-refractivity contribution in [2.45, 2.75) is 6.42 Å². The molecule has 2 rings (SSSR count). The predicted molar refractivity (Wildman–Crippen MR) is 52.0 cm³/mol. The highest BCUT2D eigenvalue weighted by atomic mass is 14.7. The molecule has 0 unspecified atom stereocenters. The lowest BCUT2D eigenvalue weighted by molar-refractivity contribution is 1.17. The first-order valence-electron chi connectivity index (χ1n) is 4.03. The van der Waals surface area contributed by atoms with Gasteiger partial charge in [-0.15, -0.1) is 0 Å². The lowest BCUT2D eigenvalue weighted by Crippen LogP contribution is -1.81. The number of rotatable bonds is 1. The SMILES string of the molecule is N#CCc1cc2cc(N)ccc2[nH]1. The van der Waals surface area contributed by atoms with Gasteiger partial charge in [-0.25, -0.2) is 0 Å². The van der Waals surface area contributed by atoms with Gasteiger partial charge in [-0.2, -0.15) is 5.26 Å². The number of nitrogens with one attached hydrogen (secondary N) is 1. The lowest BCUT2D eigenvalue weighted by Gasteiger charge is -1.90. The Morgan fingerprint density at radius 3 is 3.00 bits per heavy atom. The second-order valence-electron chi connectivity index (χ2n) is 2.98. The lowest BCUT2D eigenvalue weighted by atomic mass is 10.2. The Morgan fingerprint density at radius 1 is 1.38 bits per heavy atom. The number of benzene rings is 1. The van der Waals surface area contributed by atoms with Crippen molar-refractivity contribution < 1.29 is 0 Å². The van der Waals surface area contributed by atoms with Crippen LogP contribution < -0.4 is 5.73 Å². The number of nitrogens with two attached hydrogens (primary N) is 1. The maximum atomic E-state index is 8.50. The van der Waals surface area contributed by atoms with Crippen LogP contribution >= 0.6 is 0 Å². The van der Waals surface area contributed by atoms with Crippen LogP contribution in [0.2, 0.25) is 0 Å². The zero-order chi connectivity index (χ0) is 9.26. The number of fused-ring (bicyclic) bond motifs is 1. The van der Waals surface area contributed by atoms with E-state index in [1.165, 1.54) is 0 Å². The van der Waals surface area contributed by atoms with E-state index in [2.05, 4.69) is 11.1 Å². The van der Waals surface area contributed by atoms with Gasteiger partial charge >= 0.3 is 0 Å². The van der Waals surface area contributed by atoms with Gasteiger partial charge in [-0.3, -0.25) is 0 Å². The number of H-pyrrole nitrogens is 1. The molecule has 0 aliphatic heterocycles. The summed E-state index contributed by atoms with van der Waals surface area (Å²) in [4.78, 5) is 3.15. The van der Waals surface area contributed by atoms with Crippen molar-refractivity contribution in [2.24, 2.45) is 0 Å². The Hall–Kier alpha value is -1.95. The smallest absolute Gasteiger partial charge is 0.0752 e. The average molecular weight is 171 g/mol. The van der Waals surface area contributed by atoms with Gasteiger partial charge in [0.15, 0.2) is 0 Å². The monoisotopic (exact) mass is 171 g/mol. The fraction of sp³-hybridized carbons (Fsp3) is 0.100. The number of aromatic nitrogens is 1. The summed E-state index contributed by atoms with van der Waals surface area (Å²) in [6.07, 6.45) is 0.411. The third-order valence-corrected chi connectivity index (χ3v) is 1.97. The summed E-state index contributed by atoms with van der Waals surface area (Å²) < 4.78 is 0. The normalized spacial score (nSPS) is 10.1. The van der Waals surface area contributed by atoms with Crippen LogP contribution in [0.25, 0.3) is 10.9 Å². The molecule has 13 heavy (non-hydrogen) atoms. The minimum absolute atomic E-state index is 0.411. The van der Waals surface area contributed by atoms with Crippen LogP contribution in [0.4, 0.5) is 5.69 Å². The van der Waals surface area contributed by atoms with Gasteiger partial charge in [0.1, 0.15) is 0 Å². The Balaban J connectivity index is 2.57. The molecular formula is C10H9N3. The van der Waals surface area contributed by atoms with E-state index in [0.29, 0.717) is 6.42 Å². The molecule has 0 saturated carbocycles. The minimum Gasteiger partial charge on any atom is -0.399 e. The molecule has 0 bridgehead atoms. The van der Waals surface area contributed by atoms with E-state index in [0.717, 1.165) is 22.3 Å². The van der Waals surface area contributed by atoms with Gasteiger partial charge < -0.3 is 10.7 Å². The van der Waals surface area contributed by atoms with Crippen molar-refractivity contribution >= 4 is 16.6 Å². The third-order valence-electron chi connectivity index (χ3n) is 1.97. The van der Waals surface area contributed by atoms with Gasteiger partial charge in [0.05, 0.1) is 12.5 Å². The van der Waals surface area contributed by atoms with Crippen molar-refractivity contribution in [2.75, 3.05) is 5.73 Å². The molecule has 3 heteroatoms. The highest BCUT2D eigenvalue weighted by Crippen LogP contribution is 2.18. The molecule has 0 atom stereocenters. The number of nitrogens with zero attached hydrogens (tertiary/aromatic N) is 1.